The lowest BCUT2D eigenvalue weighted by Gasteiger charge is -2.12. The van der Waals surface area contributed by atoms with E-state index >= 15 is 0 Å². The van der Waals surface area contributed by atoms with E-state index in [4.69, 9.17) is 18.5 Å². The molecule has 0 fully saturated rings. The molecule has 0 bridgehead atoms. The Morgan fingerprint density at radius 3 is 1.97 bits per heavy atom. The van der Waals surface area contributed by atoms with Gasteiger partial charge < -0.3 is 0 Å². The Balaban J connectivity index is 1.80. The van der Waals surface area contributed by atoms with E-state index in [9.17, 15) is 0 Å². The summed E-state index contributed by atoms with van der Waals surface area (Å²) in [5.41, 5.74) is 2.37. The first-order valence-electron chi connectivity index (χ1n) is 11.4. The van der Waals surface area contributed by atoms with Gasteiger partial charge in [0.25, 0.3) is 0 Å². The number of halogens is 1. The highest BCUT2D eigenvalue weighted by molar-refractivity contribution is 6.28. The fourth-order valence-electron chi connectivity index (χ4n) is 3.23. The van der Waals surface area contributed by atoms with E-state index in [-0.39, 0.29) is 22.5 Å². The Hall–Kier alpha value is -3.56. The molecular formula is C25H16ClN3. The van der Waals surface area contributed by atoms with Crippen molar-refractivity contribution in [3.05, 3.63) is 102 Å². The molecule has 29 heavy (non-hydrogen) atoms. The van der Waals surface area contributed by atoms with Gasteiger partial charge in [-0.1, -0.05) is 84.8 Å². The van der Waals surface area contributed by atoms with E-state index < -0.39 is 30.2 Å². The molecule has 0 saturated heterocycles. The van der Waals surface area contributed by atoms with Gasteiger partial charge in [-0.3, -0.25) is 0 Å². The Kier molecular flexibility index (Phi) is 3.29. The number of nitrogens with zero attached hydrogens (tertiary/aromatic N) is 3. The molecule has 0 aliphatic carbocycles. The summed E-state index contributed by atoms with van der Waals surface area (Å²) >= 11 is 6.27. The van der Waals surface area contributed by atoms with E-state index in [0.29, 0.717) is 5.56 Å². The molecule has 0 radical (unpaired) electrons. The number of hydrogen-bond acceptors (Lipinski definition) is 3. The van der Waals surface area contributed by atoms with Gasteiger partial charge in [0.2, 0.25) is 5.28 Å². The van der Waals surface area contributed by atoms with Gasteiger partial charge in [-0.2, -0.15) is 9.97 Å². The molecule has 0 atom stereocenters. The van der Waals surface area contributed by atoms with Crippen molar-refractivity contribution >= 4 is 22.4 Å². The Morgan fingerprint density at radius 2 is 1.24 bits per heavy atom. The van der Waals surface area contributed by atoms with Crippen LogP contribution in [0.3, 0.4) is 0 Å². The lowest BCUT2D eigenvalue weighted by molar-refractivity contribution is 1.07. The lowest BCUT2D eigenvalue weighted by atomic mass is 9.95. The molecule has 1 heterocycles. The third-order valence-electron chi connectivity index (χ3n) is 4.54. The molecule has 0 aliphatic heterocycles. The van der Waals surface area contributed by atoms with Crippen LogP contribution in [-0.2, 0) is 0 Å². The van der Waals surface area contributed by atoms with Crippen LogP contribution in [0.1, 0.15) is 6.85 Å². The average molecular weight is 399 g/mol. The van der Waals surface area contributed by atoms with E-state index in [1.54, 1.807) is 0 Å². The van der Waals surface area contributed by atoms with E-state index in [2.05, 4.69) is 15.0 Å². The second kappa shape index (κ2) is 7.46. The van der Waals surface area contributed by atoms with Gasteiger partial charge in [0.15, 0.2) is 11.6 Å². The smallest absolute Gasteiger partial charge is 0.208 e. The Labute approximate surface area is 180 Å². The molecule has 5 rings (SSSR count). The third-order valence-corrected chi connectivity index (χ3v) is 4.71. The van der Waals surface area contributed by atoms with Gasteiger partial charge >= 0.3 is 0 Å². The standard InChI is InChI=1S/C25H16ClN3/c26-25-28-23(18-11-5-2-6-12-18)27-24(29-25)22-16-20-14-8-7-13-19(20)15-21(22)17-9-3-1-4-10-17/h1-16H/i2D,5D,6D,11D,12D. The number of benzene rings is 4. The van der Waals surface area contributed by atoms with Crippen molar-refractivity contribution in [1.29, 1.82) is 0 Å². The first-order chi connectivity index (χ1) is 16.3. The molecule has 5 aromatic rings. The van der Waals surface area contributed by atoms with Crippen LogP contribution in [0.4, 0.5) is 0 Å². The van der Waals surface area contributed by atoms with Gasteiger partial charge in [0.05, 0.1) is 6.85 Å². The summed E-state index contributed by atoms with van der Waals surface area (Å²) in [6, 6.07) is 19.4. The zero-order valence-corrected chi connectivity index (χ0v) is 15.8. The summed E-state index contributed by atoms with van der Waals surface area (Å²) in [6.45, 7) is 0. The number of hydrogen-bond donors (Lipinski definition) is 0. The van der Waals surface area contributed by atoms with Crippen LogP contribution >= 0.6 is 11.6 Å². The van der Waals surface area contributed by atoms with Gasteiger partial charge in [-0.05, 0) is 45.6 Å². The average Bonchev–Trinajstić information content (AvgIpc) is 2.86. The third kappa shape index (κ3) is 3.48. The number of fused-ring (bicyclic) bond motifs is 1. The van der Waals surface area contributed by atoms with Crippen LogP contribution in [0.25, 0.3) is 44.7 Å². The van der Waals surface area contributed by atoms with Gasteiger partial charge in [-0.15, -0.1) is 0 Å². The quantitative estimate of drug-likeness (QED) is 0.340. The summed E-state index contributed by atoms with van der Waals surface area (Å²) in [5, 5.41) is 1.87. The maximum Gasteiger partial charge on any atom is 0.226 e. The van der Waals surface area contributed by atoms with E-state index in [1.807, 2.05) is 66.7 Å². The van der Waals surface area contributed by atoms with Crippen LogP contribution < -0.4 is 0 Å². The minimum Gasteiger partial charge on any atom is -0.208 e. The van der Waals surface area contributed by atoms with Crippen LogP contribution in [0.5, 0.6) is 0 Å². The summed E-state index contributed by atoms with van der Waals surface area (Å²) in [4.78, 5) is 13.0. The molecule has 138 valence electrons. The zero-order valence-electron chi connectivity index (χ0n) is 20.1. The maximum atomic E-state index is 8.29. The molecule has 0 spiro atoms. The second-order valence-electron chi connectivity index (χ2n) is 6.36. The predicted octanol–water partition coefficient (Wildman–Crippen LogP) is 6.68. The van der Waals surface area contributed by atoms with Crippen molar-refractivity contribution in [3.63, 3.8) is 0 Å². The molecule has 0 aliphatic rings. The summed E-state index contributed by atoms with van der Waals surface area (Å²) in [5.74, 6) is 0.158. The van der Waals surface area contributed by atoms with Gasteiger partial charge in [0, 0.05) is 11.1 Å². The Morgan fingerprint density at radius 1 is 0.621 bits per heavy atom. The van der Waals surface area contributed by atoms with Gasteiger partial charge in [0.1, 0.15) is 0 Å². The fraction of sp³-hybridized carbons (Fsp3) is 0. The molecule has 1 aromatic heterocycles. The summed E-state index contributed by atoms with van der Waals surface area (Å²) in [7, 11) is 0. The minimum atomic E-state index is -0.486. The molecule has 0 unspecified atom stereocenters. The maximum absolute atomic E-state index is 8.29. The molecule has 0 N–H and O–H groups in total. The number of rotatable bonds is 3. The minimum absolute atomic E-state index is 0.0841. The number of aromatic nitrogens is 3. The lowest BCUT2D eigenvalue weighted by Crippen LogP contribution is -1.98. The predicted molar refractivity (Wildman–Crippen MR) is 119 cm³/mol. The van der Waals surface area contributed by atoms with Crippen LogP contribution in [0.2, 0.25) is 5.28 Å². The monoisotopic (exact) mass is 398 g/mol. The van der Waals surface area contributed by atoms with Crippen LogP contribution in [0.15, 0.2) is 96.9 Å². The zero-order chi connectivity index (χ0) is 24.0. The second-order valence-corrected chi connectivity index (χ2v) is 6.70. The van der Waals surface area contributed by atoms with Crippen LogP contribution in [-0.4, -0.2) is 15.0 Å². The molecular weight excluding hydrogens is 378 g/mol. The molecule has 3 nitrogen and oxygen atoms in total. The van der Waals surface area contributed by atoms with Crippen molar-refractivity contribution in [2.75, 3.05) is 0 Å². The van der Waals surface area contributed by atoms with Crippen molar-refractivity contribution in [1.82, 2.24) is 15.0 Å². The van der Waals surface area contributed by atoms with Crippen molar-refractivity contribution in [2.24, 2.45) is 0 Å². The topological polar surface area (TPSA) is 38.7 Å². The molecule has 0 amide bonds. The van der Waals surface area contributed by atoms with Crippen molar-refractivity contribution in [3.8, 4) is 33.9 Å². The van der Waals surface area contributed by atoms with Gasteiger partial charge in [-0.25, -0.2) is 4.98 Å². The largest absolute Gasteiger partial charge is 0.226 e. The molecule has 0 saturated carbocycles. The molecule has 4 aromatic carbocycles. The summed E-state index contributed by atoms with van der Waals surface area (Å²) in [6.07, 6.45) is 0. The van der Waals surface area contributed by atoms with Crippen LogP contribution in [0, 0.1) is 0 Å². The van der Waals surface area contributed by atoms with Crippen molar-refractivity contribution < 1.29 is 6.85 Å². The Bertz CT molecular complexity index is 1550. The molecule has 4 heteroatoms. The first-order valence-corrected chi connectivity index (χ1v) is 9.30. The first kappa shape index (κ1) is 12.8. The highest BCUT2D eigenvalue weighted by atomic mass is 35.5. The highest BCUT2D eigenvalue weighted by Crippen LogP contribution is 2.35. The van der Waals surface area contributed by atoms with Crippen molar-refractivity contribution in [2.45, 2.75) is 0 Å². The normalized spacial score (nSPS) is 13.3. The SMILES string of the molecule is [2H]c1c([2H])c([2H])c(-c2nc(Cl)nc(-c3cc4ccccc4cc3-c3ccccc3)n2)c([2H])c1[2H]. The summed E-state index contributed by atoms with van der Waals surface area (Å²) < 4.78 is 40.4. The van der Waals surface area contributed by atoms with E-state index in [1.165, 1.54) is 0 Å². The highest BCUT2D eigenvalue weighted by Gasteiger charge is 2.15. The fourth-order valence-corrected chi connectivity index (χ4v) is 3.39. The van der Waals surface area contributed by atoms with E-state index in [0.717, 1.165) is 21.9 Å².